The van der Waals surface area contributed by atoms with Crippen LogP contribution in [0.1, 0.15) is 5.56 Å². The molecule has 1 aromatic carbocycles. The van der Waals surface area contributed by atoms with E-state index in [2.05, 4.69) is 14.9 Å². The summed E-state index contributed by atoms with van der Waals surface area (Å²) in [6, 6.07) is 7.97. The number of benzene rings is 1. The lowest BCUT2D eigenvalue weighted by Crippen LogP contribution is -2.46. The summed E-state index contributed by atoms with van der Waals surface area (Å²) in [5.74, 6) is 0. The number of sulfonamides is 1. The minimum Gasteiger partial charge on any atom is -0.314 e. The van der Waals surface area contributed by atoms with Crippen LogP contribution in [0.15, 0.2) is 29.2 Å². The van der Waals surface area contributed by atoms with Crippen LogP contribution in [0, 0.1) is 11.3 Å². The average molecular weight is 367 g/mol. The molecule has 9 heteroatoms. The predicted molar refractivity (Wildman–Crippen MR) is 90.2 cm³/mol. The number of nitrogens with one attached hydrogen (secondary N) is 2. The van der Waals surface area contributed by atoms with Gasteiger partial charge in [-0.1, -0.05) is 6.07 Å². The molecule has 1 aliphatic rings. The molecule has 0 aliphatic carbocycles. The Hall–Kier alpha value is -0.880. The molecule has 1 fully saturated rings. The molecular formula is C13H20Cl2N4O2S. The number of nitrogens with zero attached hydrogens (tertiary/aromatic N) is 2. The highest BCUT2D eigenvalue weighted by molar-refractivity contribution is 7.89. The highest BCUT2D eigenvalue weighted by Crippen LogP contribution is 2.10. The van der Waals surface area contributed by atoms with Crippen LogP contribution in [0.5, 0.6) is 0 Å². The number of piperazine rings is 1. The van der Waals surface area contributed by atoms with E-state index in [4.69, 9.17) is 5.26 Å². The Morgan fingerprint density at radius 3 is 2.59 bits per heavy atom. The number of nitriles is 1. The number of hydrogen-bond donors (Lipinski definition) is 2. The van der Waals surface area contributed by atoms with E-state index in [-0.39, 0.29) is 29.7 Å². The molecule has 0 saturated carbocycles. The Balaban J connectivity index is 0.00000220. The van der Waals surface area contributed by atoms with Crippen molar-refractivity contribution in [3.8, 4) is 6.07 Å². The summed E-state index contributed by atoms with van der Waals surface area (Å²) in [4.78, 5) is 2.35. The van der Waals surface area contributed by atoms with Crippen molar-refractivity contribution in [1.29, 1.82) is 5.26 Å². The van der Waals surface area contributed by atoms with Gasteiger partial charge < -0.3 is 5.32 Å². The topological polar surface area (TPSA) is 85.2 Å². The van der Waals surface area contributed by atoms with E-state index in [1.165, 1.54) is 12.1 Å². The van der Waals surface area contributed by atoms with Crippen molar-refractivity contribution in [3.05, 3.63) is 29.8 Å². The summed E-state index contributed by atoms with van der Waals surface area (Å²) >= 11 is 0. The second-order valence-electron chi connectivity index (χ2n) is 4.63. The first kappa shape index (κ1) is 21.1. The maximum atomic E-state index is 12.1. The molecular weight excluding hydrogens is 347 g/mol. The first-order chi connectivity index (χ1) is 9.62. The third-order valence-electron chi connectivity index (χ3n) is 3.20. The zero-order valence-corrected chi connectivity index (χ0v) is 14.4. The second-order valence-corrected chi connectivity index (χ2v) is 6.40. The first-order valence-corrected chi connectivity index (χ1v) is 8.03. The zero-order chi connectivity index (χ0) is 14.4. The molecule has 0 amide bonds. The SMILES string of the molecule is Cl.Cl.N#Cc1cccc(S(=O)(=O)NCCN2CCNCC2)c1. The molecule has 0 unspecified atom stereocenters. The van der Waals surface area contributed by atoms with Crippen LogP contribution in [0.25, 0.3) is 0 Å². The molecule has 0 atom stereocenters. The summed E-state index contributed by atoms with van der Waals surface area (Å²) in [5, 5.41) is 12.0. The van der Waals surface area contributed by atoms with Crippen LogP contribution in [0.2, 0.25) is 0 Å². The molecule has 1 heterocycles. The lowest BCUT2D eigenvalue weighted by atomic mass is 10.2. The minimum atomic E-state index is -3.54. The molecule has 6 nitrogen and oxygen atoms in total. The smallest absolute Gasteiger partial charge is 0.240 e. The van der Waals surface area contributed by atoms with Crippen LogP contribution >= 0.6 is 24.8 Å². The molecule has 22 heavy (non-hydrogen) atoms. The fourth-order valence-corrected chi connectivity index (χ4v) is 3.16. The standard InChI is InChI=1S/C13H18N4O2S.2ClH/c14-11-12-2-1-3-13(10-12)20(18,19)16-6-9-17-7-4-15-5-8-17;;/h1-3,10,15-16H,4-9H2;2*1H. The largest absolute Gasteiger partial charge is 0.314 e. The minimum absolute atomic E-state index is 0. The average Bonchev–Trinajstić information content (AvgIpc) is 2.48. The summed E-state index contributed by atoms with van der Waals surface area (Å²) in [5.41, 5.74) is 0.343. The Labute approximate surface area is 143 Å². The monoisotopic (exact) mass is 366 g/mol. The fourth-order valence-electron chi connectivity index (χ4n) is 2.09. The van der Waals surface area contributed by atoms with Gasteiger partial charge in [-0.15, -0.1) is 24.8 Å². The third kappa shape index (κ3) is 6.08. The molecule has 0 aromatic heterocycles. The van der Waals surface area contributed by atoms with Crippen molar-refractivity contribution in [1.82, 2.24) is 14.9 Å². The number of hydrogen-bond acceptors (Lipinski definition) is 5. The first-order valence-electron chi connectivity index (χ1n) is 6.55. The molecule has 1 aliphatic heterocycles. The van der Waals surface area contributed by atoms with Gasteiger partial charge in [-0.2, -0.15) is 5.26 Å². The maximum absolute atomic E-state index is 12.1. The summed E-state index contributed by atoms with van der Waals surface area (Å²) in [7, 11) is -3.54. The Morgan fingerprint density at radius 1 is 1.27 bits per heavy atom. The van der Waals surface area contributed by atoms with E-state index in [9.17, 15) is 8.42 Å². The normalized spacial score (nSPS) is 15.2. The van der Waals surface area contributed by atoms with Crippen molar-refractivity contribution in [2.75, 3.05) is 39.3 Å². The van der Waals surface area contributed by atoms with Gasteiger partial charge >= 0.3 is 0 Å². The van der Waals surface area contributed by atoms with Gasteiger partial charge in [0.05, 0.1) is 16.5 Å². The van der Waals surface area contributed by atoms with Gasteiger partial charge in [0.15, 0.2) is 0 Å². The number of halogens is 2. The van der Waals surface area contributed by atoms with Crippen LogP contribution in [-0.2, 0) is 10.0 Å². The van der Waals surface area contributed by atoms with Gasteiger partial charge in [-0.3, -0.25) is 4.90 Å². The molecule has 0 spiro atoms. The molecule has 1 saturated heterocycles. The predicted octanol–water partition coefficient (Wildman–Crippen LogP) is 0.585. The van der Waals surface area contributed by atoms with Crippen molar-refractivity contribution in [3.63, 3.8) is 0 Å². The highest BCUT2D eigenvalue weighted by Gasteiger charge is 2.15. The van der Waals surface area contributed by atoms with Crippen molar-refractivity contribution >= 4 is 34.8 Å². The molecule has 0 radical (unpaired) electrons. The van der Waals surface area contributed by atoms with Crippen molar-refractivity contribution < 1.29 is 8.42 Å². The van der Waals surface area contributed by atoms with Crippen LogP contribution in [0.3, 0.4) is 0 Å². The van der Waals surface area contributed by atoms with Crippen molar-refractivity contribution in [2.24, 2.45) is 0 Å². The van der Waals surface area contributed by atoms with Gasteiger partial charge in [-0.05, 0) is 18.2 Å². The van der Waals surface area contributed by atoms with Crippen LogP contribution in [0.4, 0.5) is 0 Å². The van der Waals surface area contributed by atoms with Crippen molar-refractivity contribution in [2.45, 2.75) is 4.90 Å². The van der Waals surface area contributed by atoms with Crippen LogP contribution in [-0.4, -0.2) is 52.6 Å². The quantitative estimate of drug-likeness (QED) is 0.796. The summed E-state index contributed by atoms with van der Waals surface area (Å²) in [6.45, 7) is 4.82. The molecule has 2 N–H and O–H groups in total. The van der Waals surface area contributed by atoms with Gasteiger partial charge in [0.1, 0.15) is 0 Å². The maximum Gasteiger partial charge on any atom is 0.240 e. The van der Waals surface area contributed by atoms with E-state index >= 15 is 0 Å². The third-order valence-corrected chi connectivity index (χ3v) is 4.66. The summed E-state index contributed by atoms with van der Waals surface area (Å²) in [6.07, 6.45) is 0. The van der Waals surface area contributed by atoms with Gasteiger partial charge in [-0.25, -0.2) is 13.1 Å². The molecule has 2 rings (SSSR count). The Morgan fingerprint density at radius 2 is 1.95 bits per heavy atom. The molecule has 0 bridgehead atoms. The van der Waals surface area contributed by atoms with E-state index in [0.717, 1.165) is 26.2 Å². The van der Waals surface area contributed by atoms with Crippen LogP contribution < -0.4 is 10.0 Å². The van der Waals surface area contributed by atoms with E-state index < -0.39 is 10.0 Å². The summed E-state index contributed by atoms with van der Waals surface area (Å²) < 4.78 is 26.8. The second kappa shape index (κ2) is 10.0. The Bertz CT molecular complexity index is 598. The Kier molecular flexibility index (Phi) is 9.60. The highest BCUT2D eigenvalue weighted by atomic mass is 35.5. The molecule has 124 valence electrons. The lowest BCUT2D eigenvalue weighted by Gasteiger charge is -2.27. The fraction of sp³-hybridized carbons (Fsp3) is 0.462. The van der Waals surface area contributed by atoms with Gasteiger partial charge in [0.25, 0.3) is 0 Å². The lowest BCUT2D eigenvalue weighted by molar-refractivity contribution is 0.245. The van der Waals surface area contributed by atoms with E-state index in [1.54, 1.807) is 12.1 Å². The zero-order valence-electron chi connectivity index (χ0n) is 12.0. The molecule has 1 aromatic rings. The number of rotatable bonds is 5. The van der Waals surface area contributed by atoms with E-state index in [1.807, 2.05) is 6.07 Å². The van der Waals surface area contributed by atoms with E-state index in [0.29, 0.717) is 18.7 Å². The van der Waals surface area contributed by atoms with Gasteiger partial charge in [0, 0.05) is 39.3 Å². The van der Waals surface area contributed by atoms with Gasteiger partial charge in [0.2, 0.25) is 10.0 Å².